The summed E-state index contributed by atoms with van der Waals surface area (Å²) in [6, 6.07) is 13.1. The molecule has 0 fully saturated rings. The average molecular weight is 345 g/mol. The molecule has 1 unspecified atom stereocenters. The Morgan fingerprint density at radius 2 is 2.04 bits per heavy atom. The van der Waals surface area contributed by atoms with E-state index >= 15 is 0 Å². The highest BCUT2D eigenvalue weighted by Gasteiger charge is 2.14. The fourth-order valence-corrected chi connectivity index (χ4v) is 2.56. The van der Waals surface area contributed by atoms with Crippen LogP contribution in [-0.4, -0.2) is 24.8 Å². The Balaban J connectivity index is 1.80. The van der Waals surface area contributed by atoms with Crippen molar-refractivity contribution in [3.8, 4) is 11.4 Å². The molecule has 0 saturated carbocycles. The first-order valence-electron chi connectivity index (χ1n) is 7.11. The van der Waals surface area contributed by atoms with Crippen molar-refractivity contribution in [1.29, 1.82) is 0 Å². The van der Waals surface area contributed by atoms with Crippen molar-refractivity contribution in [1.82, 2.24) is 14.8 Å². The SMILES string of the molecule is O=[N+]([O-])c1cccc(-c2ncn(CC(O)c3ccccc3Cl)n2)c1. The molecule has 24 heavy (non-hydrogen) atoms. The number of non-ortho nitro benzene ring substituents is 1. The Hall–Kier alpha value is -2.77. The Kier molecular flexibility index (Phi) is 4.54. The lowest BCUT2D eigenvalue weighted by Crippen LogP contribution is -2.09. The van der Waals surface area contributed by atoms with E-state index in [2.05, 4.69) is 10.1 Å². The van der Waals surface area contributed by atoms with Gasteiger partial charge in [0.05, 0.1) is 11.5 Å². The summed E-state index contributed by atoms with van der Waals surface area (Å²) in [4.78, 5) is 14.5. The Bertz CT molecular complexity index is 881. The molecule has 0 amide bonds. The van der Waals surface area contributed by atoms with Gasteiger partial charge in [0.1, 0.15) is 12.4 Å². The zero-order chi connectivity index (χ0) is 17.1. The number of halogens is 1. The van der Waals surface area contributed by atoms with Gasteiger partial charge in [0.15, 0.2) is 5.82 Å². The van der Waals surface area contributed by atoms with E-state index in [9.17, 15) is 15.2 Å². The predicted molar refractivity (Wildman–Crippen MR) is 88.5 cm³/mol. The second-order valence-electron chi connectivity index (χ2n) is 5.13. The topological polar surface area (TPSA) is 94.1 Å². The maximum absolute atomic E-state index is 10.8. The van der Waals surface area contributed by atoms with Crippen LogP contribution in [0.15, 0.2) is 54.9 Å². The first-order chi connectivity index (χ1) is 11.5. The molecule has 2 aromatic carbocycles. The van der Waals surface area contributed by atoms with Gasteiger partial charge in [-0.1, -0.05) is 41.9 Å². The molecule has 0 aliphatic carbocycles. The molecule has 7 nitrogen and oxygen atoms in total. The summed E-state index contributed by atoms with van der Waals surface area (Å²) in [6.07, 6.45) is 0.632. The molecule has 122 valence electrons. The van der Waals surface area contributed by atoms with Crippen molar-refractivity contribution in [3.63, 3.8) is 0 Å². The average Bonchev–Trinajstić information content (AvgIpc) is 3.04. The Morgan fingerprint density at radius 3 is 2.79 bits per heavy atom. The molecular weight excluding hydrogens is 332 g/mol. The molecule has 1 aromatic heterocycles. The van der Waals surface area contributed by atoms with Crippen LogP contribution in [-0.2, 0) is 6.54 Å². The lowest BCUT2D eigenvalue weighted by atomic mass is 10.1. The van der Waals surface area contributed by atoms with Crippen LogP contribution in [0.5, 0.6) is 0 Å². The fraction of sp³-hybridized carbons (Fsp3) is 0.125. The van der Waals surface area contributed by atoms with Gasteiger partial charge in [0.2, 0.25) is 0 Å². The van der Waals surface area contributed by atoms with Gasteiger partial charge in [-0.05, 0) is 6.07 Å². The Labute approximate surface area is 142 Å². The maximum atomic E-state index is 10.8. The van der Waals surface area contributed by atoms with Crippen LogP contribution < -0.4 is 0 Å². The molecule has 0 aliphatic heterocycles. The quantitative estimate of drug-likeness (QED) is 0.566. The van der Waals surface area contributed by atoms with E-state index in [1.165, 1.54) is 23.1 Å². The summed E-state index contributed by atoms with van der Waals surface area (Å²) < 4.78 is 1.47. The number of nitro benzene ring substituents is 1. The van der Waals surface area contributed by atoms with Gasteiger partial charge in [-0.15, -0.1) is 0 Å². The summed E-state index contributed by atoms with van der Waals surface area (Å²) in [5.74, 6) is 0.352. The van der Waals surface area contributed by atoms with Crippen LogP contribution in [0.1, 0.15) is 11.7 Å². The minimum Gasteiger partial charge on any atom is -0.386 e. The highest BCUT2D eigenvalue weighted by Crippen LogP contribution is 2.24. The number of aromatic nitrogens is 3. The van der Waals surface area contributed by atoms with E-state index in [0.717, 1.165) is 0 Å². The predicted octanol–water partition coefficient (Wildman–Crippen LogP) is 3.24. The van der Waals surface area contributed by atoms with Crippen molar-refractivity contribution in [2.24, 2.45) is 0 Å². The second kappa shape index (κ2) is 6.77. The number of hydrogen-bond acceptors (Lipinski definition) is 5. The van der Waals surface area contributed by atoms with Gasteiger partial charge in [0.25, 0.3) is 5.69 Å². The molecule has 1 heterocycles. The summed E-state index contributed by atoms with van der Waals surface area (Å²) in [5, 5.41) is 25.9. The fourth-order valence-electron chi connectivity index (χ4n) is 2.29. The third-order valence-corrected chi connectivity index (χ3v) is 3.82. The molecule has 1 N–H and O–H groups in total. The number of hydrogen-bond donors (Lipinski definition) is 1. The highest BCUT2D eigenvalue weighted by molar-refractivity contribution is 6.31. The lowest BCUT2D eigenvalue weighted by Gasteiger charge is -2.12. The van der Waals surface area contributed by atoms with Crippen LogP contribution in [0.4, 0.5) is 5.69 Å². The third-order valence-electron chi connectivity index (χ3n) is 3.48. The van der Waals surface area contributed by atoms with Gasteiger partial charge >= 0.3 is 0 Å². The van der Waals surface area contributed by atoms with Gasteiger partial charge in [-0.3, -0.25) is 10.1 Å². The van der Waals surface area contributed by atoms with Crippen LogP contribution in [0, 0.1) is 10.1 Å². The normalized spacial score (nSPS) is 12.1. The van der Waals surface area contributed by atoms with Crippen molar-refractivity contribution in [2.75, 3.05) is 0 Å². The van der Waals surface area contributed by atoms with E-state index < -0.39 is 11.0 Å². The number of aliphatic hydroxyl groups excluding tert-OH is 1. The highest BCUT2D eigenvalue weighted by atomic mass is 35.5. The molecule has 3 rings (SSSR count). The summed E-state index contributed by atoms with van der Waals surface area (Å²) in [7, 11) is 0. The number of nitrogens with zero attached hydrogens (tertiary/aromatic N) is 4. The van der Waals surface area contributed by atoms with Gasteiger partial charge in [-0.25, -0.2) is 9.67 Å². The summed E-state index contributed by atoms with van der Waals surface area (Å²) in [5.41, 5.74) is 1.11. The van der Waals surface area contributed by atoms with Gasteiger partial charge < -0.3 is 5.11 Å². The van der Waals surface area contributed by atoms with E-state index in [4.69, 9.17) is 11.6 Å². The molecule has 8 heteroatoms. The summed E-state index contributed by atoms with van der Waals surface area (Å²) in [6.45, 7) is 0.172. The minimum atomic E-state index is -0.835. The van der Waals surface area contributed by atoms with Crippen LogP contribution >= 0.6 is 11.6 Å². The molecule has 0 spiro atoms. The van der Waals surface area contributed by atoms with Crippen molar-refractivity contribution < 1.29 is 10.0 Å². The molecule has 0 radical (unpaired) electrons. The van der Waals surface area contributed by atoms with Gasteiger partial charge in [-0.2, -0.15) is 5.10 Å². The van der Waals surface area contributed by atoms with E-state index in [1.54, 1.807) is 36.4 Å². The molecule has 0 bridgehead atoms. The molecule has 0 aliphatic rings. The Morgan fingerprint density at radius 1 is 1.25 bits per heavy atom. The number of nitro groups is 1. The first-order valence-corrected chi connectivity index (χ1v) is 7.49. The smallest absolute Gasteiger partial charge is 0.270 e. The zero-order valence-electron chi connectivity index (χ0n) is 12.4. The van der Waals surface area contributed by atoms with Crippen molar-refractivity contribution >= 4 is 17.3 Å². The zero-order valence-corrected chi connectivity index (χ0v) is 13.2. The van der Waals surface area contributed by atoms with Gasteiger partial charge in [0, 0.05) is 28.3 Å². The third kappa shape index (κ3) is 3.42. The van der Waals surface area contributed by atoms with Crippen LogP contribution in [0.2, 0.25) is 5.02 Å². The number of rotatable bonds is 5. The molecule has 0 saturated heterocycles. The monoisotopic (exact) mass is 344 g/mol. The minimum absolute atomic E-state index is 0.0278. The molecular formula is C16H13ClN4O3. The van der Waals surface area contributed by atoms with Crippen LogP contribution in [0.25, 0.3) is 11.4 Å². The summed E-state index contributed by atoms with van der Waals surface area (Å²) >= 11 is 6.06. The maximum Gasteiger partial charge on any atom is 0.270 e. The van der Waals surface area contributed by atoms with E-state index in [0.29, 0.717) is 22.0 Å². The lowest BCUT2D eigenvalue weighted by molar-refractivity contribution is -0.384. The first kappa shape index (κ1) is 16.1. The van der Waals surface area contributed by atoms with E-state index in [-0.39, 0.29) is 12.2 Å². The van der Waals surface area contributed by atoms with Crippen LogP contribution in [0.3, 0.4) is 0 Å². The number of aliphatic hydroxyl groups is 1. The molecule has 1 atom stereocenters. The second-order valence-corrected chi connectivity index (χ2v) is 5.54. The van der Waals surface area contributed by atoms with E-state index in [1.807, 2.05) is 0 Å². The van der Waals surface area contributed by atoms with Crippen molar-refractivity contribution in [2.45, 2.75) is 12.6 Å². The standard InChI is InChI=1S/C16H13ClN4O3/c17-14-7-2-1-6-13(14)15(22)9-20-10-18-16(19-20)11-4-3-5-12(8-11)21(23)24/h1-8,10,15,22H,9H2. The largest absolute Gasteiger partial charge is 0.386 e. The van der Waals surface area contributed by atoms with Crippen molar-refractivity contribution in [3.05, 3.63) is 75.6 Å². The molecule has 3 aromatic rings. The number of benzene rings is 2.